The van der Waals surface area contributed by atoms with Crippen molar-refractivity contribution in [1.29, 1.82) is 0 Å². The van der Waals surface area contributed by atoms with Crippen molar-refractivity contribution in [3.63, 3.8) is 0 Å². The van der Waals surface area contributed by atoms with Crippen LogP contribution in [-0.4, -0.2) is 30.9 Å². The number of aromatic nitrogens is 3. The number of para-hydroxylation sites is 1. The van der Waals surface area contributed by atoms with Gasteiger partial charge in [0.1, 0.15) is 11.1 Å². The maximum absolute atomic E-state index is 13.0. The first-order chi connectivity index (χ1) is 15.1. The third-order valence-corrected chi connectivity index (χ3v) is 6.30. The zero-order chi connectivity index (χ0) is 21.4. The minimum Gasteiger partial charge on any atom is -0.307 e. The van der Waals surface area contributed by atoms with Gasteiger partial charge >= 0.3 is 0 Å². The van der Waals surface area contributed by atoms with Crippen molar-refractivity contribution >= 4 is 29.0 Å². The predicted molar refractivity (Wildman–Crippen MR) is 119 cm³/mol. The number of anilines is 1. The van der Waals surface area contributed by atoms with Gasteiger partial charge in [-0.2, -0.15) is 5.10 Å². The van der Waals surface area contributed by atoms with E-state index in [1.165, 1.54) is 23.9 Å². The van der Waals surface area contributed by atoms with Gasteiger partial charge in [-0.3, -0.25) is 19.8 Å². The minimum absolute atomic E-state index is 0.0227. The van der Waals surface area contributed by atoms with Crippen LogP contribution in [0.3, 0.4) is 0 Å². The molecule has 4 aromatic rings. The molecule has 1 amide bonds. The number of nitro benzene ring substituents is 1. The largest absolute Gasteiger partial charge is 0.307 e. The quantitative estimate of drug-likeness (QED) is 0.346. The summed E-state index contributed by atoms with van der Waals surface area (Å²) >= 11 is 1.49. The van der Waals surface area contributed by atoms with Crippen LogP contribution in [0.4, 0.5) is 11.4 Å². The van der Waals surface area contributed by atoms with Crippen LogP contribution in [0.25, 0.3) is 11.5 Å². The molecule has 3 heterocycles. The fraction of sp³-hybridized carbons (Fsp3) is 0.0909. The minimum atomic E-state index is -0.428. The Bertz CT molecular complexity index is 1240. The average Bonchev–Trinajstić information content (AvgIpc) is 3.53. The number of nitrogens with zero attached hydrogens (tertiary/aromatic N) is 5. The highest BCUT2D eigenvalue weighted by molar-refractivity contribution is 8.00. The zero-order valence-corrected chi connectivity index (χ0v) is 17.1. The Labute approximate surface area is 181 Å². The van der Waals surface area contributed by atoms with Crippen molar-refractivity contribution in [1.82, 2.24) is 14.3 Å². The van der Waals surface area contributed by atoms with Gasteiger partial charge in [0.15, 0.2) is 5.82 Å². The Balaban J connectivity index is 1.62. The molecule has 1 fully saturated rings. The molecule has 0 aliphatic carbocycles. The van der Waals surface area contributed by atoms with Gasteiger partial charge in [-0.1, -0.05) is 18.2 Å². The van der Waals surface area contributed by atoms with Crippen LogP contribution >= 0.6 is 11.8 Å². The van der Waals surface area contributed by atoms with Crippen LogP contribution in [0, 0.1) is 10.1 Å². The molecule has 154 valence electrons. The molecular formula is C22H17N5O3S. The summed E-state index contributed by atoms with van der Waals surface area (Å²) in [5.74, 6) is 1.04. The van der Waals surface area contributed by atoms with E-state index in [9.17, 15) is 14.9 Å². The van der Waals surface area contributed by atoms with Crippen molar-refractivity contribution in [3.05, 3.63) is 101 Å². The van der Waals surface area contributed by atoms with Crippen LogP contribution in [0.15, 0.2) is 85.3 Å². The molecule has 0 bridgehead atoms. The van der Waals surface area contributed by atoms with Crippen molar-refractivity contribution in [2.24, 2.45) is 0 Å². The molecule has 8 nitrogen and oxygen atoms in total. The van der Waals surface area contributed by atoms with E-state index in [1.807, 2.05) is 59.4 Å². The van der Waals surface area contributed by atoms with Crippen LogP contribution in [0.5, 0.6) is 0 Å². The fourth-order valence-corrected chi connectivity index (χ4v) is 4.84. The van der Waals surface area contributed by atoms with Crippen LogP contribution in [0.2, 0.25) is 0 Å². The zero-order valence-electron chi connectivity index (χ0n) is 16.2. The van der Waals surface area contributed by atoms with Crippen molar-refractivity contribution in [3.8, 4) is 11.5 Å². The SMILES string of the molecule is O=C1CSC(c2ccc([N+](=O)[O-])cc2)N1c1cnn(-c2ccccc2)c1-n1cccc1. The molecule has 2 aromatic heterocycles. The average molecular weight is 431 g/mol. The van der Waals surface area contributed by atoms with Gasteiger partial charge in [-0.15, -0.1) is 11.8 Å². The summed E-state index contributed by atoms with van der Waals surface area (Å²) in [4.78, 5) is 25.3. The van der Waals surface area contributed by atoms with Gasteiger partial charge in [0.25, 0.3) is 5.69 Å². The molecule has 0 radical (unpaired) electrons. The molecular weight excluding hydrogens is 414 g/mol. The van der Waals surface area contributed by atoms with Gasteiger partial charge in [0, 0.05) is 24.5 Å². The summed E-state index contributed by atoms with van der Waals surface area (Å²) in [6, 6.07) is 19.9. The van der Waals surface area contributed by atoms with Gasteiger partial charge < -0.3 is 4.57 Å². The van der Waals surface area contributed by atoms with Crippen LogP contribution < -0.4 is 4.90 Å². The lowest BCUT2D eigenvalue weighted by atomic mass is 10.2. The Kier molecular flexibility index (Phi) is 4.79. The van der Waals surface area contributed by atoms with E-state index in [1.54, 1.807) is 27.9 Å². The Morgan fingerprint density at radius 2 is 1.71 bits per heavy atom. The number of hydrogen-bond donors (Lipinski definition) is 0. The predicted octanol–water partition coefficient (Wildman–Crippen LogP) is 4.35. The van der Waals surface area contributed by atoms with Gasteiger partial charge in [-0.05, 0) is 42.0 Å². The number of nitro groups is 1. The van der Waals surface area contributed by atoms with Crippen LogP contribution in [0.1, 0.15) is 10.9 Å². The van der Waals surface area contributed by atoms with Crippen molar-refractivity contribution < 1.29 is 9.72 Å². The lowest BCUT2D eigenvalue weighted by molar-refractivity contribution is -0.384. The summed E-state index contributed by atoms with van der Waals surface area (Å²) in [6.07, 6.45) is 5.52. The van der Waals surface area contributed by atoms with Gasteiger partial charge in [0.2, 0.25) is 5.91 Å². The highest BCUT2D eigenvalue weighted by Gasteiger charge is 2.37. The number of rotatable bonds is 5. The second-order valence-corrected chi connectivity index (χ2v) is 8.04. The molecule has 5 rings (SSSR count). The molecule has 0 saturated carbocycles. The summed E-state index contributed by atoms with van der Waals surface area (Å²) in [5, 5.41) is 15.3. The normalized spacial score (nSPS) is 16.1. The number of non-ortho nitro benzene ring substituents is 1. The van der Waals surface area contributed by atoms with Gasteiger partial charge in [-0.25, -0.2) is 4.68 Å². The number of hydrogen-bond acceptors (Lipinski definition) is 5. The number of carbonyl (C=O) groups is 1. The first kappa shape index (κ1) is 19.1. The molecule has 1 atom stereocenters. The molecule has 1 unspecified atom stereocenters. The molecule has 1 aliphatic heterocycles. The fourth-order valence-electron chi connectivity index (χ4n) is 3.67. The number of carbonyl (C=O) groups excluding carboxylic acids is 1. The molecule has 1 saturated heterocycles. The summed E-state index contributed by atoms with van der Waals surface area (Å²) in [5.41, 5.74) is 2.41. The summed E-state index contributed by atoms with van der Waals surface area (Å²) in [6.45, 7) is 0. The van der Waals surface area contributed by atoms with E-state index in [0.29, 0.717) is 11.4 Å². The van der Waals surface area contributed by atoms with E-state index in [0.717, 1.165) is 17.1 Å². The molecule has 1 aliphatic rings. The lowest BCUT2D eigenvalue weighted by Crippen LogP contribution is -2.28. The van der Waals surface area contributed by atoms with Gasteiger partial charge in [0.05, 0.1) is 22.6 Å². The van der Waals surface area contributed by atoms with Crippen molar-refractivity contribution in [2.75, 3.05) is 10.7 Å². The monoisotopic (exact) mass is 431 g/mol. The Morgan fingerprint density at radius 3 is 2.39 bits per heavy atom. The summed E-state index contributed by atoms with van der Waals surface area (Å²) in [7, 11) is 0. The summed E-state index contributed by atoms with van der Waals surface area (Å²) < 4.78 is 3.73. The standard InChI is InChI=1S/C22H17N5O3S/c28-20-15-31-22(16-8-10-18(11-9-16)27(29)30)25(20)19-14-23-26(17-6-2-1-3-7-17)21(19)24-12-4-5-13-24/h1-14,22H,15H2. The third-order valence-electron chi connectivity index (χ3n) is 5.09. The first-order valence-corrected chi connectivity index (χ1v) is 10.6. The number of amides is 1. The topological polar surface area (TPSA) is 86.2 Å². The number of benzene rings is 2. The number of thioether (sulfide) groups is 1. The highest BCUT2D eigenvalue weighted by Crippen LogP contribution is 2.44. The van der Waals surface area contributed by atoms with E-state index in [-0.39, 0.29) is 17.0 Å². The lowest BCUT2D eigenvalue weighted by Gasteiger charge is -2.24. The van der Waals surface area contributed by atoms with Crippen LogP contribution in [-0.2, 0) is 4.79 Å². The second-order valence-electron chi connectivity index (χ2n) is 6.97. The molecule has 2 aromatic carbocycles. The van der Waals surface area contributed by atoms with E-state index in [2.05, 4.69) is 5.10 Å². The maximum Gasteiger partial charge on any atom is 0.269 e. The highest BCUT2D eigenvalue weighted by atomic mass is 32.2. The molecule has 0 N–H and O–H groups in total. The molecule has 0 spiro atoms. The van der Waals surface area contributed by atoms with E-state index >= 15 is 0 Å². The smallest absolute Gasteiger partial charge is 0.269 e. The first-order valence-electron chi connectivity index (χ1n) is 9.58. The van der Waals surface area contributed by atoms with E-state index in [4.69, 9.17) is 0 Å². The van der Waals surface area contributed by atoms with E-state index < -0.39 is 4.92 Å². The molecule has 31 heavy (non-hydrogen) atoms. The maximum atomic E-state index is 13.0. The second kappa shape index (κ2) is 7.77. The third kappa shape index (κ3) is 3.38. The molecule has 9 heteroatoms. The Hall–Kier alpha value is -3.85. The Morgan fingerprint density at radius 1 is 1.00 bits per heavy atom. The van der Waals surface area contributed by atoms with Crippen molar-refractivity contribution in [2.45, 2.75) is 5.37 Å².